The molecule has 0 spiro atoms. The Morgan fingerprint density at radius 2 is 2.24 bits per heavy atom. The van der Waals surface area contributed by atoms with Gasteiger partial charge < -0.3 is 14.9 Å². The third kappa shape index (κ3) is 4.10. The Morgan fingerprint density at radius 1 is 1.48 bits per heavy atom. The monoisotopic (exact) mass is 310 g/mol. The summed E-state index contributed by atoms with van der Waals surface area (Å²) in [4.78, 5) is 22.6. The van der Waals surface area contributed by atoms with Crippen LogP contribution >= 0.6 is 11.8 Å². The first-order valence-corrected chi connectivity index (χ1v) is 7.83. The zero-order valence-corrected chi connectivity index (χ0v) is 12.8. The first kappa shape index (κ1) is 15.6. The van der Waals surface area contributed by atoms with E-state index in [1.807, 2.05) is 13.8 Å². The summed E-state index contributed by atoms with van der Waals surface area (Å²) in [7, 11) is 0. The number of thioether (sulfide) groups is 1. The fraction of sp³-hybridized carbons (Fsp3) is 0.500. The molecule has 6 nitrogen and oxygen atoms in total. The molecule has 2 rings (SSSR count). The zero-order chi connectivity index (χ0) is 15.4. The Bertz CT molecular complexity index is 548. The topological polar surface area (TPSA) is 92.4 Å². The van der Waals surface area contributed by atoms with E-state index in [1.54, 1.807) is 12.2 Å². The van der Waals surface area contributed by atoms with Crippen molar-refractivity contribution < 1.29 is 19.2 Å². The molecule has 0 fully saturated rings. The van der Waals surface area contributed by atoms with Crippen LogP contribution in [0.4, 0.5) is 0 Å². The van der Waals surface area contributed by atoms with E-state index < -0.39 is 11.9 Å². The van der Waals surface area contributed by atoms with Crippen LogP contribution in [0.1, 0.15) is 23.4 Å². The van der Waals surface area contributed by atoms with Crippen molar-refractivity contribution in [1.29, 1.82) is 0 Å². The minimum absolute atomic E-state index is 0.0903. The highest BCUT2D eigenvalue weighted by molar-refractivity contribution is 7.99. The Morgan fingerprint density at radius 3 is 2.81 bits per heavy atom. The minimum Gasteiger partial charge on any atom is -0.481 e. The van der Waals surface area contributed by atoms with Gasteiger partial charge in [-0.25, -0.2) is 0 Å². The van der Waals surface area contributed by atoms with Crippen LogP contribution in [0.3, 0.4) is 0 Å². The highest BCUT2D eigenvalue weighted by Crippen LogP contribution is 2.20. The standard InChI is InChI=1S/C14H18N2O4S/c1-8-12(9(2)20-16-8)6-21-7-13(17)15-11-4-3-10(5-11)14(18)19/h3-4,10-11H,5-7H2,1-2H3,(H,15,17)(H,18,19). The highest BCUT2D eigenvalue weighted by Gasteiger charge is 2.25. The second kappa shape index (κ2) is 6.80. The van der Waals surface area contributed by atoms with Crippen LogP contribution < -0.4 is 5.32 Å². The molecule has 21 heavy (non-hydrogen) atoms. The molecule has 0 bridgehead atoms. The Labute approximate surface area is 127 Å². The van der Waals surface area contributed by atoms with Gasteiger partial charge in [-0.15, -0.1) is 11.8 Å². The molecule has 0 aliphatic heterocycles. The predicted molar refractivity (Wildman–Crippen MR) is 79.0 cm³/mol. The van der Waals surface area contributed by atoms with Gasteiger partial charge in [-0.2, -0.15) is 0 Å². The van der Waals surface area contributed by atoms with Gasteiger partial charge in [-0.05, 0) is 20.3 Å². The number of aliphatic carboxylic acids is 1. The number of nitrogens with one attached hydrogen (secondary N) is 1. The predicted octanol–water partition coefficient (Wildman–Crippen LogP) is 1.67. The van der Waals surface area contributed by atoms with Gasteiger partial charge in [-0.3, -0.25) is 9.59 Å². The van der Waals surface area contributed by atoms with E-state index in [0.717, 1.165) is 17.0 Å². The zero-order valence-electron chi connectivity index (χ0n) is 12.0. The van der Waals surface area contributed by atoms with Crippen LogP contribution in [0.15, 0.2) is 16.7 Å². The number of carboxylic acids is 1. The van der Waals surface area contributed by atoms with E-state index in [4.69, 9.17) is 9.63 Å². The van der Waals surface area contributed by atoms with E-state index in [1.165, 1.54) is 11.8 Å². The average Bonchev–Trinajstić information content (AvgIpc) is 3.00. The van der Waals surface area contributed by atoms with Crippen molar-refractivity contribution in [1.82, 2.24) is 10.5 Å². The first-order chi connectivity index (χ1) is 9.97. The van der Waals surface area contributed by atoms with Gasteiger partial charge in [0, 0.05) is 17.4 Å². The molecule has 0 saturated carbocycles. The lowest BCUT2D eigenvalue weighted by molar-refractivity contribution is -0.140. The smallest absolute Gasteiger partial charge is 0.310 e. The number of aromatic nitrogens is 1. The lowest BCUT2D eigenvalue weighted by Crippen LogP contribution is -2.34. The Hall–Kier alpha value is -1.76. The molecular formula is C14H18N2O4S. The van der Waals surface area contributed by atoms with Crippen LogP contribution in [0.25, 0.3) is 0 Å². The first-order valence-electron chi connectivity index (χ1n) is 6.67. The number of nitrogens with zero attached hydrogens (tertiary/aromatic N) is 1. The van der Waals surface area contributed by atoms with Crippen LogP contribution in [0.5, 0.6) is 0 Å². The van der Waals surface area contributed by atoms with E-state index >= 15 is 0 Å². The maximum Gasteiger partial charge on any atom is 0.310 e. The molecule has 1 heterocycles. The third-order valence-electron chi connectivity index (χ3n) is 3.41. The van der Waals surface area contributed by atoms with Gasteiger partial charge in [-0.1, -0.05) is 17.3 Å². The summed E-state index contributed by atoms with van der Waals surface area (Å²) in [6.07, 6.45) is 3.80. The largest absolute Gasteiger partial charge is 0.481 e. The van der Waals surface area contributed by atoms with Gasteiger partial charge in [0.05, 0.1) is 17.4 Å². The summed E-state index contributed by atoms with van der Waals surface area (Å²) in [6.45, 7) is 3.73. The lowest BCUT2D eigenvalue weighted by atomic mass is 10.1. The van der Waals surface area contributed by atoms with Crippen LogP contribution in [0.2, 0.25) is 0 Å². The third-order valence-corrected chi connectivity index (χ3v) is 4.37. The second-order valence-corrected chi connectivity index (χ2v) is 6.02. The van der Waals surface area contributed by atoms with Crippen molar-refractivity contribution in [3.8, 4) is 0 Å². The van der Waals surface area contributed by atoms with Crippen molar-refractivity contribution in [2.45, 2.75) is 32.1 Å². The Kier molecular flexibility index (Phi) is 5.06. The summed E-state index contributed by atoms with van der Waals surface area (Å²) in [5.41, 5.74) is 1.88. The van der Waals surface area contributed by atoms with Crippen LogP contribution in [-0.4, -0.2) is 33.9 Å². The van der Waals surface area contributed by atoms with Crippen molar-refractivity contribution in [2.24, 2.45) is 5.92 Å². The van der Waals surface area contributed by atoms with Crippen molar-refractivity contribution in [3.05, 3.63) is 29.2 Å². The molecule has 0 radical (unpaired) electrons. The average molecular weight is 310 g/mol. The van der Waals surface area contributed by atoms with Crippen LogP contribution in [0, 0.1) is 19.8 Å². The molecule has 2 N–H and O–H groups in total. The van der Waals surface area contributed by atoms with Gasteiger partial charge in [0.25, 0.3) is 0 Å². The number of carbonyl (C=O) groups is 2. The number of carboxylic acid groups (broad SMARTS) is 1. The van der Waals surface area contributed by atoms with Gasteiger partial charge in [0.15, 0.2) is 0 Å². The molecule has 1 aliphatic rings. The molecule has 1 amide bonds. The van der Waals surface area contributed by atoms with E-state index in [2.05, 4.69) is 10.5 Å². The number of rotatable bonds is 6. The fourth-order valence-corrected chi connectivity index (χ4v) is 3.18. The maximum absolute atomic E-state index is 11.8. The molecule has 114 valence electrons. The molecule has 1 aliphatic carbocycles. The summed E-state index contributed by atoms with van der Waals surface area (Å²) in [6, 6.07) is -0.182. The molecular weight excluding hydrogens is 292 g/mol. The van der Waals surface area contributed by atoms with Crippen molar-refractivity contribution >= 4 is 23.6 Å². The highest BCUT2D eigenvalue weighted by atomic mass is 32.2. The molecule has 7 heteroatoms. The molecule has 2 atom stereocenters. The maximum atomic E-state index is 11.8. The van der Waals surface area contributed by atoms with E-state index in [0.29, 0.717) is 17.9 Å². The van der Waals surface area contributed by atoms with Gasteiger partial charge in [0.1, 0.15) is 5.76 Å². The molecule has 2 unspecified atom stereocenters. The van der Waals surface area contributed by atoms with Gasteiger partial charge >= 0.3 is 5.97 Å². The number of aryl methyl sites for hydroxylation is 2. The summed E-state index contributed by atoms with van der Waals surface area (Å²) >= 11 is 1.49. The normalized spacial score (nSPS) is 20.7. The van der Waals surface area contributed by atoms with E-state index in [9.17, 15) is 9.59 Å². The number of hydrogen-bond donors (Lipinski definition) is 2. The number of carbonyl (C=O) groups excluding carboxylic acids is 1. The number of hydrogen-bond acceptors (Lipinski definition) is 5. The van der Waals surface area contributed by atoms with Crippen LogP contribution in [-0.2, 0) is 15.3 Å². The minimum atomic E-state index is -0.851. The summed E-state index contributed by atoms with van der Waals surface area (Å²) in [5, 5.41) is 15.6. The summed E-state index contributed by atoms with van der Waals surface area (Å²) < 4.78 is 5.07. The molecule has 0 aromatic carbocycles. The molecule has 1 aromatic heterocycles. The second-order valence-electron chi connectivity index (χ2n) is 5.03. The number of amides is 1. The van der Waals surface area contributed by atoms with E-state index in [-0.39, 0.29) is 11.9 Å². The lowest BCUT2D eigenvalue weighted by Gasteiger charge is -2.11. The SMILES string of the molecule is Cc1noc(C)c1CSCC(=O)NC1C=CC(C(=O)O)C1. The summed E-state index contributed by atoms with van der Waals surface area (Å²) in [5.74, 6) is 0.343. The van der Waals surface area contributed by atoms with Crippen molar-refractivity contribution in [3.63, 3.8) is 0 Å². The quantitative estimate of drug-likeness (QED) is 0.777. The fourth-order valence-electron chi connectivity index (χ4n) is 2.19. The van der Waals surface area contributed by atoms with Crippen molar-refractivity contribution in [2.75, 3.05) is 5.75 Å². The molecule has 0 saturated heterocycles. The Balaban J connectivity index is 1.71. The molecule has 1 aromatic rings. The van der Waals surface area contributed by atoms with Gasteiger partial charge in [0.2, 0.25) is 5.91 Å².